The molecule has 0 aliphatic carbocycles. The predicted octanol–water partition coefficient (Wildman–Crippen LogP) is 0.840. The zero-order valence-corrected chi connectivity index (χ0v) is 6.86. The van der Waals surface area contributed by atoms with Crippen LogP contribution in [0.3, 0.4) is 0 Å². The molecule has 0 atom stereocenters. The first-order valence-electron chi connectivity index (χ1n) is 2.36. The summed E-state index contributed by atoms with van der Waals surface area (Å²) in [6.45, 7) is 3.19. The van der Waals surface area contributed by atoms with Gasteiger partial charge in [-0.1, -0.05) is 24.4 Å². The fraction of sp³-hybridized carbons (Fsp3) is 0.400. The second-order valence-corrected chi connectivity index (χ2v) is 2.79. The van der Waals surface area contributed by atoms with Crippen LogP contribution in [0.2, 0.25) is 0 Å². The fourth-order valence-corrected chi connectivity index (χ4v) is 0.392. The van der Waals surface area contributed by atoms with Crippen LogP contribution in [0.1, 0.15) is 13.8 Å². The lowest BCUT2D eigenvalue weighted by molar-refractivity contribution is -0.113. The molecule has 0 aromatic carbocycles. The van der Waals surface area contributed by atoms with E-state index in [1.165, 1.54) is 0 Å². The van der Waals surface area contributed by atoms with E-state index >= 15 is 0 Å². The number of hydrogen-bond acceptors (Lipinski definition) is 3. The van der Waals surface area contributed by atoms with Gasteiger partial charge in [0.1, 0.15) is 0 Å². The van der Waals surface area contributed by atoms with E-state index in [9.17, 15) is 4.79 Å². The van der Waals surface area contributed by atoms with Crippen LogP contribution in [-0.2, 0) is 4.79 Å². The zero-order chi connectivity index (χ0) is 7.44. The summed E-state index contributed by atoms with van der Waals surface area (Å²) < 4.78 is 0. The van der Waals surface area contributed by atoms with E-state index in [0.29, 0.717) is 9.85 Å². The maximum atomic E-state index is 10.6. The summed E-state index contributed by atoms with van der Waals surface area (Å²) in [5, 5.41) is 2.39. The van der Waals surface area contributed by atoms with Crippen molar-refractivity contribution in [3.05, 3.63) is 0 Å². The molecule has 0 spiro atoms. The third-order valence-electron chi connectivity index (χ3n) is 0.609. The Kier molecular flexibility index (Phi) is 3.49. The van der Waals surface area contributed by atoms with E-state index in [1.54, 1.807) is 13.8 Å². The van der Waals surface area contributed by atoms with E-state index in [0.717, 1.165) is 0 Å². The van der Waals surface area contributed by atoms with Crippen LogP contribution in [0.15, 0.2) is 0 Å². The Balaban J connectivity index is 3.79. The lowest BCUT2D eigenvalue weighted by Gasteiger charge is -1.97. The first kappa shape index (κ1) is 8.65. The van der Waals surface area contributed by atoms with Gasteiger partial charge in [0, 0.05) is 0 Å². The second kappa shape index (κ2) is 3.63. The highest BCUT2D eigenvalue weighted by molar-refractivity contribution is 7.82. The lowest BCUT2D eigenvalue weighted by atomic mass is 10.4. The van der Waals surface area contributed by atoms with Gasteiger partial charge in [-0.15, -0.1) is 0 Å². The van der Waals surface area contributed by atoms with Gasteiger partial charge in [-0.2, -0.15) is 0 Å². The van der Waals surface area contributed by atoms with Crippen LogP contribution in [0.5, 0.6) is 0 Å². The first-order chi connectivity index (χ1) is 4.04. The van der Waals surface area contributed by atoms with Crippen molar-refractivity contribution in [1.29, 1.82) is 0 Å². The molecule has 0 aromatic rings. The maximum Gasteiger partial charge on any atom is 0.262 e. The highest BCUT2D eigenvalue weighted by Gasteiger charge is 2.01. The van der Waals surface area contributed by atoms with Crippen molar-refractivity contribution in [3.8, 4) is 0 Å². The minimum absolute atomic E-state index is 0.280. The van der Waals surface area contributed by atoms with Crippen LogP contribution in [0.25, 0.3) is 0 Å². The molecular weight excluding hydrogens is 154 g/mol. The highest BCUT2D eigenvalue weighted by atomic mass is 32.1. The molecule has 50 valence electrons. The molecular formula is C5H7NOS2. The van der Waals surface area contributed by atoms with Crippen LogP contribution in [0.4, 0.5) is 0 Å². The Hall–Kier alpha value is -0.350. The molecule has 4 heteroatoms. The van der Waals surface area contributed by atoms with Gasteiger partial charge < -0.3 is 5.32 Å². The van der Waals surface area contributed by atoms with Gasteiger partial charge in [-0.3, -0.25) is 4.79 Å². The Morgan fingerprint density at radius 1 is 1.33 bits per heavy atom. The Bertz CT molecular complexity index is 164. The third-order valence-corrected chi connectivity index (χ3v) is 0.897. The second-order valence-electron chi connectivity index (χ2n) is 1.57. The predicted molar refractivity (Wildman–Crippen MR) is 44.7 cm³/mol. The molecule has 0 rings (SSSR count). The normalized spacial score (nSPS) is 8.22. The molecule has 1 amide bonds. The molecule has 0 heterocycles. The molecule has 0 bridgehead atoms. The monoisotopic (exact) mass is 161 g/mol. The zero-order valence-electron chi connectivity index (χ0n) is 5.22. The molecule has 0 unspecified atom stereocenters. The first-order valence-corrected chi connectivity index (χ1v) is 3.18. The number of carbonyl (C=O) groups is 1. The number of carbonyl (C=O) groups excluding carboxylic acids is 1. The van der Waals surface area contributed by atoms with E-state index in [-0.39, 0.29) is 5.91 Å². The van der Waals surface area contributed by atoms with Gasteiger partial charge in [0.2, 0.25) is 0 Å². The minimum Gasteiger partial charge on any atom is -0.316 e. The Morgan fingerprint density at radius 3 is 1.89 bits per heavy atom. The van der Waals surface area contributed by atoms with E-state index in [1.807, 2.05) is 0 Å². The van der Waals surface area contributed by atoms with Crippen LogP contribution in [-0.4, -0.2) is 15.8 Å². The number of amides is 1. The summed E-state index contributed by atoms with van der Waals surface area (Å²) in [4.78, 5) is 11.4. The van der Waals surface area contributed by atoms with Crippen LogP contribution < -0.4 is 5.32 Å². The maximum absolute atomic E-state index is 10.6. The number of thiocarbonyl (C=S) groups is 2. The highest BCUT2D eigenvalue weighted by Crippen LogP contribution is 1.75. The average molecular weight is 161 g/mol. The lowest BCUT2D eigenvalue weighted by Crippen LogP contribution is -2.30. The Labute approximate surface area is 64.6 Å². The van der Waals surface area contributed by atoms with Gasteiger partial charge in [0.05, 0.1) is 9.85 Å². The number of hydrogen-bond donors (Lipinski definition) is 1. The molecule has 0 fully saturated rings. The quantitative estimate of drug-likeness (QED) is 0.578. The number of nitrogens with one attached hydrogen (secondary N) is 1. The summed E-state index contributed by atoms with van der Waals surface area (Å²) in [5.41, 5.74) is 0. The minimum atomic E-state index is -0.280. The van der Waals surface area contributed by atoms with Gasteiger partial charge >= 0.3 is 0 Å². The largest absolute Gasteiger partial charge is 0.316 e. The fourth-order valence-electron chi connectivity index (χ4n) is 0.248. The summed E-state index contributed by atoms with van der Waals surface area (Å²) in [6.07, 6.45) is 0. The van der Waals surface area contributed by atoms with E-state index < -0.39 is 0 Å². The van der Waals surface area contributed by atoms with Crippen molar-refractivity contribution < 1.29 is 4.79 Å². The SMILES string of the molecule is CC(=S)NC(=O)C(C)=S. The molecule has 2 nitrogen and oxygen atoms in total. The molecule has 9 heavy (non-hydrogen) atoms. The molecule has 0 aliphatic rings. The molecule has 0 saturated heterocycles. The van der Waals surface area contributed by atoms with Crippen LogP contribution >= 0.6 is 24.4 Å². The summed E-state index contributed by atoms with van der Waals surface area (Å²) in [5.74, 6) is -0.280. The number of rotatable bonds is 1. The third kappa shape index (κ3) is 4.17. The summed E-state index contributed by atoms with van der Waals surface area (Å²) in [7, 11) is 0. The van der Waals surface area contributed by atoms with Crippen molar-refractivity contribution in [3.63, 3.8) is 0 Å². The van der Waals surface area contributed by atoms with Crippen molar-refractivity contribution in [2.75, 3.05) is 0 Å². The van der Waals surface area contributed by atoms with Gasteiger partial charge in [0.25, 0.3) is 5.91 Å². The molecule has 0 aromatic heterocycles. The molecule has 0 radical (unpaired) electrons. The van der Waals surface area contributed by atoms with E-state index in [4.69, 9.17) is 0 Å². The van der Waals surface area contributed by atoms with Gasteiger partial charge in [-0.05, 0) is 13.8 Å². The topological polar surface area (TPSA) is 29.1 Å². The smallest absolute Gasteiger partial charge is 0.262 e. The van der Waals surface area contributed by atoms with Crippen molar-refractivity contribution >= 4 is 40.2 Å². The molecule has 0 aliphatic heterocycles. The molecule has 0 saturated carbocycles. The van der Waals surface area contributed by atoms with Crippen LogP contribution in [0, 0.1) is 0 Å². The van der Waals surface area contributed by atoms with Crippen molar-refractivity contribution in [1.82, 2.24) is 5.32 Å². The van der Waals surface area contributed by atoms with E-state index in [2.05, 4.69) is 29.8 Å². The van der Waals surface area contributed by atoms with Gasteiger partial charge in [-0.25, -0.2) is 0 Å². The Morgan fingerprint density at radius 2 is 1.78 bits per heavy atom. The van der Waals surface area contributed by atoms with Crippen molar-refractivity contribution in [2.24, 2.45) is 0 Å². The van der Waals surface area contributed by atoms with Gasteiger partial charge in [0.15, 0.2) is 0 Å². The average Bonchev–Trinajstić information content (AvgIpc) is 1.63. The standard InChI is InChI=1S/C5H7NOS2/c1-3(8)5(7)6-4(2)9/h1-2H3,(H,6,7,9). The molecule has 1 N–H and O–H groups in total. The summed E-state index contributed by atoms with van der Waals surface area (Å²) in [6, 6.07) is 0. The van der Waals surface area contributed by atoms with Crippen molar-refractivity contribution in [2.45, 2.75) is 13.8 Å². The summed E-state index contributed by atoms with van der Waals surface area (Å²) >= 11 is 9.16.